The molecule has 1 atom stereocenters. The van der Waals surface area contributed by atoms with Gasteiger partial charge >= 0.3 is 0 Å². The Hall–Kier alpha value is -2.94. The first-order valence-corrected chi connectivity index (χ1v) is 9.02. The molecule has 2 aromatic carbocycles. The highest BCUT2D eigenvalue weighted by Gasteiger charge is 2.21. The number of ketones is 1. The smallest absolute Gasteiger partial charge is 0.277 e. The highest BCUT2D eigenvalue weighted by atomic mass is 32.2. The molecule has 1 aromatic heterocycles. The van der Waals surface area contributed by atoms with Crippen molar-refractivity contribution in [3.63, 3.8) is 0 Å². The van der Waals surface area contributed by atoms with Crippen molar-refractivity contribution in [1.29, 1.82) is 0 Å². The van der Waals surface area contributed by atoms with Gasteiger partial charge in [-0.05, 0) is 43.3 Å². The molecule has 3 aromatic rings. The minimum absolute atomic E-state index is 0.0681. The maximum absolute atomic E-state index is 13.3. The van der Waals surface area contributed by atoms with Crippen molar-refractivity contribution in [2.45, 2.75) is 17.4 Å². The van der Waals surface area contributed by atoms with Crippen molar-refractivity contribution in [2.75, 3.05) is 14.2 Å². The van der Waals surface area contributed by atoms with Gasteiger partial charge in [0.1, 0.15) is 0 Å². The highest BCUT2D eigenvalue weighted by molar-refractivity contribution is 8.00. The van der Waals surface area contributed by atoms with Crippen LogP contribution in [0.2, 0.25) is 0 Å². The SMILES string of the molecule is COc1ccc(-c2nnc(SC(C)C(=O)c3ccc(F)c(F)c3)o2)cc1OC. The molecule has 0 bridgehead atoms. The molecule has 0 fully saturated rings. The van der Waals surface area contributed by atoms with Crippen LogP contribution in [0.5, 0.6) is 11.5 Å². The van der Waals surface area contributed by atoms with E-state index in [0.717, 1.165) is 23.9 Å². The Balaban J connectivity index is 1.75. The van der Waals surface area contributed by atoms with Crippen LogP contribution < -0.4 is 9.47 Å². The third-order valence-corrected chi connectivity index (χ3v) is 4.82. The number of aromatic nitrogens is 2. The number of ether oxygens (including phenoxy) is 2. The number of rotatable bonds is 7. The van der Waals surface area contributed by atoms with Crippen LogP contribution in [0.25, 0.3) is 11.5 Å². The van der Waals surface area contributed by atoms with E-state index in [1.165, 1.54) is 20.3 Å². The number of nitrogens with zero attached hydrogens (tertiary/aromatic N) is 2. The molecule has 0 saturated carbocycles. The second kappa shape index (κ2) is 8.39. The molecule has 146 valence electrons. The molecule has 0 radical (unpaired) electrons. The van der Waals surface area contributed by atoms with Gasteiger partial charge in [0.15, 0.2) is 28.9 Å². The first-order chi connectivity index (χ1) is 13.4. The van der Waals surface area contributed by atoms with E-state index in [1.54, 1.807) is 25.1 Å². The van der Waals surface area contributed by atoms with E-state index in [-0.39, 0.29) is 22.5 Å². The predicted molar refractivity (Wildman–Crippen MR) is 98.8 cm³/mol. The van der Waals surface area contributed by atoms with Crippen molar-refractivity contribution in [3.05, 3.63) is 53.6 Å². The lowest BCUT2D eigenvalue weighted by molar-refractivity contribution is 0.0993. The molecule has 6 nitrogen and oxygen atoms in total. The minimum Gasteiger partial charge on any atom is -0.493 e. The van der Waals surface area contributed by atoms with E-state index < -0.39 is 16.9 Å². The van der Waals surface area contributed by atoms with E-state index >= 15 is 0 Å². The first-order valence-electron chi connectivity index (χ1n) is 8.14. The Bertz CT molecular complexity index is 1010. The normalized spacial score (nSPS) is 11.9. The number of halogens is 2. The Morgan fingerprint density at radius 3 is 2.46 bits per heavy atom. The molecule has 0 aliphatic carbocycles. The summed E-state index contributed by atoms with van der Waals surface area (Å²) in [5.74, 6) is -1.14. The Morgan fingerprint density at radius 2 is 1.79 bits per heavy atom. The fourth-order valence-electron chi connectivity index (χ4n) is 2.43. The van der Waals surface area contributed by atoms with Gasteiger partial charge in [-0.2, -0.15) is 0 Å². The maximum Gasteiger partial charge on any atom is 0.277 e. The van der Waals surface area contributed by atoms with Gasteiger partial charge in [0.05, 0.1) is 19.5 Å². The Kier molecular flexibility index (Phi) is 5.93. The fourth-order valence-corrected chi connectivity index (χ4v) is 3.19. The number of Topliss-reactive ketones (excluding diaryl/α,β-unsaturated/α-hetero) is 1. The van der Waals surface area contributed by atoms with Crippen LogP contribution in [-0.2, 0) is 0 Å². The van der Waals surface area contributed by atoms with E-state index in [9.17, 15) is 13.6 Å². The molecule has 1 heterocycles. The van der Waals surface area contributed by atoms with Crippen molar-refractivity contribution < 1.29 is 27.5 Å². The summed E-state index contributed by atoms with van der Waals surface area (Å²) >= 11 is 1.03. The van der Waals surface area contributed by atoms with Gasteiger partial charge in [-0.1, -0.05) is 11.8 Å². The number of hydrogen-bond donors (Lipinski definition) is 0. The number of benzene rings is 2. The van der Waals surface area contributed by atoms with Gasteiger partial charge in [-0.3, -0.25) is 4.79 Å². The van der Waals surface area contributed by atoms with Crippen molar-refractivity contribution in [3.8, 4) is 23.0 Å². The summed E-state index contributed by atoms with van der Waals surface area (Å²) in [6, 6.07) is 8.16. The summed E-state index contributed by atoms with van der Waals surface area (Å²) in [5, 5.41) is 7.44. The summed E-state index contributed by atoms with van der Waals surface area (Å²) in [6.45, 7) is 1.62. The summed E-state index contributed by atoms with van der Waals surface area (Å²) in [5.41, 5.74) is 0.690. The number of methoxy groups -OCH3 is 2. The fraction of sp³-hybridized carbons (Fsp3) is 0.211. The lowest BCUT2D eigenvalue weighted by Gasteiger charge is -2.08. The third kappa shape index (κ3) is 4.14. The molecule has 0 N–H and O–H groups in total. The summed E-state index contributed by atoms with van der Waals surface area (Å²) in [6.07, 6.45) is 0. The largest absolute Gasteiger partial charge is 0.493 e. The highest BCUT2D eigenvalue weighted by Crippen LogP contribution is 2.33. The summed E-state index contributed by atoms with van der Waals surface area (Å²) < 4.78 is 42.4. The van der Waals surface area contributed by atoms with E-state index in [2.05, 4.69) is 10.2 Å². The van der Waals surface area contributed by atoms with Crippen molar-refractivity contribution >= 4 is 17.5 Å². The van der Waals surface area contributed by atoms with Crippen LogP contribution in [0.4, 0.5) is 8.78 Å². The molecule has 0 saturated heterocycles. The second-order valence-electron chi connectivity index (χ2n) is 5.70. The van der Waals surface area contributed by atoms with Crippen LogP contribution in [0.1, 0.15) is 17.3 Å². The first kappa shape index (κ1) is 19.8. The molecular formula is C19H16F2N2O4S. The topological polar surface area (TPSA) is 74.5 Å². The van der Waals surface area contributed by atoms with Gasteiger partial charge in [-0.25, -0.2) is 8.78 Å². The van der Waals surface area contributed by atoms with Gasteiger partial charge in [0.2, 0.25) is 5.89 Å². The number of hydrogen-bond acceptors (Lipinski definition) is 7. The van der Waals surface area contributed by atoms with E-state index in [1.807, 2.05) is 0 Å². The molecule has 0 amide bonds. The van der Waals surface area contributed by atoms with Crippen molar-refractivity contribution in [2.24, 2.45) is 0 Å². The van der Waals surface area contributed by atoms with E-state index in [4.69, 9.17) is 13.9 Å². The average Bonchev–Trinajstić information content (AvgIpc) is 3.17. The van der Waals surface area contributed by atoms with Crippen LogP contribution in [0.3, 0.4) is 0 Å². The molecule has 28 heavy (non-hydrogen) atoms. The zero-order valence-corrected chi connectivity index (χ0v) is 16.0. The standard InChI is InChI=1S/C19H16F2N2O4S/c1-10(17(24)11-4-6-13(20)14(21)8-11)28-19-23-22-18(27-19)12-5-7-15(25-2)16(9-12)26-3/h4-10H,1-3H3. The lowest BCUT2D eigenvalue weighted by Crippen LogP contribution is -2.14. The third-order valence-electron chi connectivity index (χ3n) is 3.89. The van der Waals surface area contributed by atoms with Crippen LogP contribution >= 0.6 is 11.8 Å². The monoisotopic (exact) mass is 406 g/mol. The molecule has 0 spiro atoms. The summed E-state index contributed by atoms with van der Waals surface area (Å²) in [7, 11) is 3.05. The maximum atomic E-state index is 13.3. The second-order valence-corrected chi connectivity index (χ2v) is 6.99. The zero-order valence-electron chi connectivity index (χ0n) is 15.2. The number of carbonyl (C=O) groups excluding carboxylic acids is 1. The molecule has 9 heteroatoms. The molecular weight excluding hydrogens is 390 g/mol. The zero-order chi connectivity index (χ0) is 20.3. The Labute approximate surface area is 163 Å². The van der Waals surface area contributed by atoms with Gasteiger partial charge < -0.3 is 13.9 Å². The Morgan fingerprint density at radius 1 is 1.04 bits per heavy atom. The number of carbonyl (C=O) groups is 1. The molecule has 0 aliphatic heterocycles. The lowest BCUT2D eigenvalue weighted by atomic mass is 10.1. The van der Waals surface area contributed by atoms with Crippen LogP contribution in [0, 0.1) is 11.6 Å². The van der Waals surface area contributed by atoms with Gasteiger partial charge in [0, 0.05) is 11.1 Å². The van der Waals surface area contributed by atoms with E-state index in [0.29, 0.717) is 17.1 Å². The molecule has 3 rings (SSSR count). The quantitative estimate of drug-likeness (QED) is 0.425. The molecule has 1 unspecified atom stereocenters. The van der Waals surface area contributed by atoms with Crippen molar-refractivity contribution in [1.82, 2.24) is 10.2 Å². The van der Waals surface area contributed by atoms with Gasteiger partial charge in [-0.15, -0.1) is 10.2 Å². The van der Waals surface area contributed by atoms with Crippen LogP contribution in [0.15, 0.2) is 46.0 Å². The molecule has 0 aliphatic rings. The van der Waals surface area contributed by atoms with Gasteiger partial charge in [0.25, 0.3) is 5.22 Å². The predicted octanol–water partition coefficient (Wildman–Crippen LogP) is 4.40. The summed E-state index contributed by atoms with van der Waals surface area (Å²) in [4.78, 5) is 12.4. The van der Waals surface area contributed by atoms with Crippen LogP contribution in [-0.4, -0.2) is 35.5 Å². The minimum atomic E-state index is -1.07. The number of thioether (sulfide) groups is 1. The average molecular weight is 406 g/mol.